The van der Waals surface area contributed by atoms with Crippen LogP contribution in [0.25, 0.3) is 0 Å². The molecule has 1 heterocycles. The Morgan fingerprint density at radius 2 is 1.50 bits per heavy atom. The maximum Gasteiger partial charge on any atom is 0.338 e. The lowest BCUT2D eigenvalue weighted by Gasteiger charge is -2.70. The van der Waals surface area contributed by atoms with Crippen LogP contribution in [-0.2, 0) is 28.5 Å². The number of esters is 3. The molecule has 1 saturated heterocycles. The van der Waals surface area contributed by atoms with E-state index in [1.165, 1.54) is 19.4 Å². The van der Waals surface area contributed by atoms with E-state index >= 15 is 0 Å². The Kier molecular flexibility index (Phi) is 9.43. The van der Waals surface area contributed by atoms with E-state index in [4.69, 9.17) is 18.9 Å². The van der Waals surface area contributed by atoms with Crippen LogP contribution >= 0.6 is 0 Å². The fraction of sp³-hybridized carbons (Fsp3) is 0.732. The van der Waals surface area contributed by atoms with Crippen LogP contribution in [0.15, 0.2) is 42.0 Å². The highest BCUT2D eigenvalue weighted by molar-refractivity contribution is 5.89. The Morgan fingerprint density at radius 3 is 2.10 bits per heavy atom. The van der Waals surface area contributed by atoms with Gasteiger partial charge in [-0.15, -0.1) is 0 Å². The highest BCUT2D eigenvalue weighted by atomic mass is 16.6. The molecule has 0 radical (unpaired) electrons. The molecule has 12 atom stereocenters. The molecular weight excluding hydrogens is 636 g/mol. The number of ether oxygens (including phenoxy) is 4. The maximum atomic E-state index is 13.4. The summed E-state index contributed by atoms with van der Waals surface area (Å²) < 4.78 is 25.1. The van der Waals surface area contributed by atoms with Crippen molar-refractivity contribution in [1.82, 2.24) is 0 Å². The van der Waals surface area contributed by atoms with Gasteiger partial charge in [0, 0.05) is 36.5 Å². The van der Waals surface area contributed by atoms with Gasteiger partial charge in [-0.2, -0.15) is 0 Å². The Balaban J connectivity index is 1.37. The molecule has 0 aromatic heterocycles. The molecule has 5 aliphatic rings. The first-order valence-corrected chi connectivity index (χ1v) is 18.6. The monoisotopic (exact) mass is 694 g/mol. The predicted molar refractivity (Wildman–Crippen MR) is 187 cm³/mol. The first kappa shape index (κ1) is 37.0. The van der Waals surface area contributed by atoms with Crippen molar-refractivity contribution in [2.75, 3.05) is 6.61 Å². The molecule has 0 amide bonds. The number of aliphatic hydroxyl groups excluding tert-OH is 1. The average Bonchev–Trinajstić information content (AvgIpc) is 3.38. The van der Waals surface area contributed by atoms with Crippen LogP contribution in [0.3, 0.4) is 0 Å². The summed E-state index contributed by atoms with van der Waals surface area (Å²) in [6, 6.07) is 8.95. The number of hydrogen-bond acceptors (Lipinski definition) is 9. The zero-order chi connectivity index (χ0) is 36.6. The van der Waals surface area contributed by atoms with Gasteiger partial charge in [-0.05, 0) is 87.2 Å². The van der Waals surface area contributed by atoms with E-state index in [0.717, 1.165) is 19.3 Å². The highest BCUT2D eigenvalue weighted by Crippen LogP contribution is 2.74. The van der Waals surface area contributed by atoms with Crippen LogP contribution in [0.4, 0.5) is 0 Å². The molecule has 1 aliphatic heterocycles. The third kappa shape index (κ3) is 5.83. The van der Waals surface area contributed by atoms with Crippen molar-refractivity contribution in [2.24, 2.45) is 45.3 Å². The van der Waals surface area contributed by atoms with E-state index in [1.807, 2.05) is 18.2 Å². The molecule has 1 aromatic rings. The van der Waals surface area contributed by atoms with Crippen molar-refractivity contribution in [3.63, 3.8) is 0 Å². The van der Waals surface area contributed by atoms with Crippen molar-refractivity contribution in [2.45, 2.75) is 137 Å². The number of allylic oxidation sites excluding steroid dienone is 1. The Hall–Kier alpha value is -2.75. The van der Waals surface area contributed by atoms with Crippen LogP contribution in [0.1, 0.15) is 111 Å². The van der Waals surface area contributed by atoms with Crippen molar-refractivity contribution in [3.05, 3.63) is 47.5 Å². The van der Waals surface area contributed by atoms with Gasteiger partial charge in [0.2, 0.25) is 0 Å². The largest absolute Gasteiger partial charge is 0.462 e. The van der Waals surface area contributed by atoms with Crippen LogP contribution in [0.2, 0.25) is 0 Å². The van der Waals surface area contributed by atoms with E-state index in [1.54, 1.807) is 26.0 Å². The van der Waals surface area contributed by atoms with Gasteiger partial charge in [-0.3, -0.25) is 9.59 Å². The van der Waals surface area contributed by atoms with Gasteiger partial charge in [-0.25, -0.2) is 4.79 Å². The molecule has 2 N–H and O–H groups in total. The fourth-order valence-electron chi connectivity index (χ4n) is 12.1. The molecule has 50 heavy (non-hydrogen) atoms. The van der Waals surface area contributed by atoms with E-state index in [9.17, 15) is 24.6 Å². The van der Waals surface area contributed by atoms with Crippen molar-refractivity contribution in [1.29, 1.82) is 0 Å². The molecule has 0 bridgehead atoms. The smallest absolute Gasteiger partial charge is 0.338 e. The zero-order valence-corrected chi connectivity index (χ0v) is 31.4. The normalized spacial score (nSPS) is 42.2. The quantitative estimate of drug-likeness (QED) is 0.197. The molecule has 9 heteroatoms. The second-order valence-corrected chi connectivity index (χ2v) is 17.9. The molecule has 6 rings (SSSR count). The molecule has 3 saturated carbocycles. The Morgan fingerprint density at radius 1 is 0.860 bits per heavy atom. The Labute approximate surface area is 297 Å². The molecule has 276 valence electrons. The zero-order valence-electron chi connectivity index (χ0n) is 31.4. The van der Waals surface area contributed by atoms with Crippen LogP contribution in [0.5, 0.6) is 0 Å². The lowest BCUT2D eigenvalue weighted by atomic mass is 9.36. The first-order chi connectivity index (χ1) is 23.2. The third-order valence-electron chi connectivity index (χ3n) is 14.3. The minimum atomic E-state index is -1.14. The van der Waals surface area contributed by atoms with Crippen LogP contribution in [0, 0.1) is 45.3 Å². The highest BCUT2D eigenvalue weighted by Gasteiger charge is 2.72. The van der Waals surface area contributed by atoms with Crippen LogP contribution < -0.4 is 0 Å². The second-order valence-electron chi connectivity index (χ2n) is 17.9. The Bertz CT molecular complexity index is 1510. The van der Waals surface area contributed by atoms with Gasteiger partial charge in [0.15, 0.2) is 0 Å². The van der Waals surface area contributed by atoms with Gasteiger partial charge in [0.25, 0.3) is 0 Å². The average molecular weight is 695 g/mol. The van der Waals surface area contributed by atoms with Crippen LogP contribution in [-0.4, -0.2) is 70.8 Å². The molecule has 1 unspecified atom stereocenters. The van der Waals surface area contributed by atoms with Gasteiger partial charge < -0.3 is 29.2 Å². The van der Waals surface area contributed by atoms with Gasteiger partial charge in [0.05, 0.1) is 23.9 Å². The minimum absolute atomic E-state index is 0.00154. The van der Waals surface area contributed by atoms with Crippen molar-refractivity contribution in [3.8, 4) is 0 Å². The summed E-state index contributed by atoms with van der Waals surface area (Å²) in [5, 5.41) is 21.7. The van der Waals surface area contributed by atoms with E-state index in [-0.39, 0.29) is 41.0 Å². The summed E-state index contributed by atoms with van der Waals surface area (Å²) in [6.07, 6.45) is 3.47. The van der Waals surface area contributed by atoms with Gasteiger partial charge in [0.1, 0.15) is 24.4 Å². The van der Waals surface area contributed by atoms with E-state index < -0.39 is 58.3 Å². The molecule has 0 spiro atoms. The standard InChI is InChI=1S/C41H58O9/c1-23(42)48-33-20-31-37(3,4)32(50-36(45)25-13-11-10-12-14-25)21-34(49-24(2)43)41(31,9)30-17-18-39(7)27(15-16-29(39)40(30,33)8)26-19-28(44)35(47-22-26)38(5,6)46/h10-14,16,26-28,30-35,44,46H,15,17-22H2,1-9H3/t26?,27-,28+,30-,31-,32+,33+,34-,35+,39-,40-,41+/m0/s1. The summed E-state index contributed by atoms with van der Waals surface area (Å²) in [6.45, 7) is 17.9. The van der Waals surface area contributed by atoms with E-state index in [2.05, 4.69) is 40.7 Å². The number of carbonyl (C=O) groups is 3. The lowest BCUT2D eigenvalue weighted by Crippen LogP contribution is -2.70. The molecule has 1 aromatic carbocycles. The number of rotatable bonds is 6. The predicted octanol–water partition coefficient (Wildman–Crippen LogP) is 6.44. The molecule has 4 aliphatic carbocycles. The van der Waals surface area contributed by atoms with Gasteiger partial charge >= 0.3 is 17.9 Å². The summed E-state index contributed by atoms with van der Waals surface area (Å²) in [4.78, 5) is 39.1. The van der Waals surface area contributed by atoms with Crippen molar-refractivity contribution >= 4 is 17.9 Å². The number of hydrogen-bond donors (Lipinski definition) is 2. The number of aliphatic hydroxyl groups is 2. The summed E-state index contributed by atoms with van der Waals surface area (Å²) >= 11 is 0. The maximum absolute atomic E-state index is 13.4. The number of fused-ring (bicyclic) bond motifs is 5. The fourth-order valence-corrected chi connectivity index (χ4v) is 12.1. The molecular formula is C41H58O9. The SMILES string of the molecule is CC(=O)O[C@H]1C[C@@H](OC(=O)c2ccccc2)C(C)(C)[C@@H]2C[C@@H](OC(C)=O)[C@@]3(C)C4=CC[C@@H](C5CO[C@@H](C(C)(C)O)[C@H](O)C5)[C@]4(C)CC[C@@H]3[C@@]12C. The molecule has 4 fully saturated rings. The third-order valence-corrected chi connectivity index (χ3v) is 14.3. The number of carbonyl (C=O) groups excluding carboxylic acids is 3. The van der Waals surface area contributed by atoms with Gasteiger partial charge in [-0.1, -0.05) is 64.5 Å². The second kappa shape index (κ2) is 12.7. The van der Waals surface area contributed by atoms with Crippen molar-refractivity contribution < 1.29 is 43.5 Å². The lowest BCUT2D eigenvalue weighted by molar-refractivity contribution is -0.260. The van der Waals surface area contributed by atoms with E-state index in [0.29, 0.717) is 31.4 Å². The summed E-state index contributed by atoms with van der Waals surface area (Å²) in [5.74, 6) is -0.904. The summed E-state index contributed by atoms with van der Waals surface area (Å²) in [7, 11) is 0. The summed E-state index contributed by atoms with van der Waals surface area (Å²) in [5.41, 5.74) is -1.21. The number of benzene rings is 1. The topological polar surface area (TPSA) is 129 Å². The minimum Gasteiger partial charge on any atom is -0.462 e. The molecule has 9 nitrogen and oxygen atoms in total. The first-order valence-electron chi connectivity index (χ1n) is 18.6.